The Hall–Kier alpha value is -2.90. The molecule has 0 fully saturated rings. The molecule has 7 nitrogen and oxygen atoms in total. The van der Waals surface area contributed by atoms with Crippen LogP contribution in [0.25, 0.3) is 0 Å². The van der Waals surface area contributed by atoms with E-state index in [9.17, 15) is 9.18 Å². The number of carbonyl (C=O) groups excluding carboxylic acids is 1. The Kier molecular flexibility index (Phi) is 7.79. The van der Waals surface area contributed by atoms with Gasteiger partial charge in [-0.1, -0.05) is 19.0 Å². The highest BCUT2D eigenvalue weighted by molar-refractivity contribution is 5.94. The zero-order chi connectivity index (χ0) is 19.6. The number of aromatic nitrogens is 1. The summed E-state index contributed by atoms with van der Waals surface area (Å²) in [7, 11) is 0. The van der Waals surface area contributed by atoms with Crippen LogP contribution in [0, 0.1) is 5.82 Å². The van der Waals surface area contributed by atoms with Crippen molar-refractivity contribution in [1.29, 1.82) is 0 Å². The molecule has 27 heavy (non-hydrogen) atoms. The van der Waals surface area contributed by atoms with Crippen LogP contribution < -0.4 is 16.0 Å². The Balaban J connectivity index is 1.96. The molecule has 8 heteroatoms. The predicted octanol–water partition coefficient (Wildman–Crippen LogP) is 2.63. The maximum Gasteiger partial charge on any atom is 0.243 e. The number of amides is 1. The van der Waals surface area contributed by atoms with Crippen LogP contribution in [0.1, 0.15) is 37.8 Å². The number of hydrogen-bond donors (Lipinski definition) is 3. The number of guanidine groups is 1. The summed E-state index contributed by atoms with van der Waals surface area (Å²) in [5, 5.41) is 12.9. The zero-order valence-corrected chi connectivity index (χ0v) is 15.9. The molecule has 0 saturated heterocycles. The van der Waals surface area contributed by atoms with E-state index in [0.29, 0.717) is 24.7 Å². The molecule has 146 valence electrons. The Bertz CT molecular complexity index is 749. The van der Waals surface area contributed by atoms with E-state index >= 15 is 0 Å². The van der Waals surface area contributed by atoms with E-state index < -0.39 is 0 Å². The highest BCUT2D eigenvalue weighted by Crippen LogP contribution is 2.16. The number of aryl methyl sites for hydroxylation is 2. The molecule has 0 atom stereocenters. The first-order valence-corrected chi connectivity index (χ1v) is 9.11. The molecule has 0 aliphatic heterocycles. The van der Waals surface area contributed by atoms with E-state index in [1.807, 2.05) is 20.8 Å². The van der Waals surface area contributed by atoms with Crippen molar-refractivity contribution in [3.8, 4) is 0 Å². The summed E-state index contributed by atoms with van der Waals surface area (Å²) in [5.41, 5.74) is 2.43. The van der Waals surface area contributed by atoms with E-state index in [0.717, 1.165) is 29.9 Å². The highest BCUT2D eigenvalue weighted by Gasteiger charge is 2.13. The van der Waals surface area contributed by atoms with Crippen molar-refractivity contribution in [2.75, 3.05) is 18.4 Å². The molecule has 0 aliphatic rings. The lowest BCUT2D eigenvalue weighted by Crippen LogP contribution is -2.41. The molecular weight excluding hydrogens is 349 g/mol. The number of nitrogens with zero attached hydrogens (tertiary/aromatic N) is 2. The molecule has 1 aromatic carbocycles. The van der Waals surface area contributed by atoms with Crippen molar-refractivity contribution in [3.05, 3.63) is 47.1 Å². The first kappa shape index (κ1) is 20.4. The van der Waals surface area contributed by atoms with Gasteiger partial charge in [-0.25, -0.2) is 9.38 Å². The van der Waals surface area contributed by atoms with Crippen molar-refractivity contribution in [2.45, 2.75) is 40.2 Å². The van der Waals surface area contributed by atoms with Gasteiger partial charge in [0.1, 0.15) is 11.6 Å². The Morgan fingerprint density at radius 3 is 2.52 bits per heavy atom. The van der Waals surface area contributed by atoms with Gasteiger partial charge in [-0.15, -0.1) is 0 Å². The van der Waals surface area contributed by atoms with E-state index in [1.54, 1.807) is 0 Å². The maximum atomic E-state index is 12.9. The van der Waals surface area contributed by atoms with Crippen LogP contribution >= 0.6 is 0 Å². The van der Waals surface area contributed by atoms with E-state index in [4.69, 9.17) is 4.52 Å². The number of hydrogen-bond acceptors (Lipinski definition) is 4. The summed E-state index contributed by atoms with van der Waals surface area (Å²) in [4.78, 5) is 16.6. The minimum Gasteiger partial charge on any atom is -0.361 e. The first-order chi connectivity index (χ1) is 13.1. The largest absolute Gasteiger partial charge is 0.361 e. The van der Waals surface area contributed by atoms with Crippen LogP contribution in [0.3, 0.4) is 0 Å². The highest BCUT2D eigenvalue weighted by atomic mass is 19.1. The van der Waals surface area contributed by atoms with Gasteiger partial charge in [-0.05, 0) is 37.6 Å². The quantitative estimate of drug-likeness (QED) is 0.487. The predicted molar refractivity (Wildman–Crippen MR) is 103 cm³/mol. The lowest BCUT2D eigenvalue weighted by atomic mass is 10.1. The zero-order valence-electron chi connectivity index (χ0n) is 15.9. The summed E-state index contributed by atoms with van der Waals surface area (Å²) in [6.07, 6.45) is 1.53. The van der Waals surface area contributed by atoms with Crippen molar-refractivity contribution in [2.24, 2.45) is 4.99 Å². The third-order valence-corrected chi connectivity index (χ3v) is 3.89. The first-order valence-electron chi connectivity index (χ1n) is 9.11. The van der Waals surface area contributed by atoms with Crippen molar-refractivity contribution in [1.82, 2.24) is 15.8 Å². The number of aliphatic imine (C=N–C) groups is 1. The monoisotopic (exact) mass is 375 g/mol. The lowest BCUT2D eigenvalue weighted by molar-refractivity contribution is -0.115. The number of nitrogens with one attached hydrogen (secondary N) is 3. The van der Waals surface area contributed by atoms with Crippen LogP contribution in [0.15, 0.2) is 33.8 Å². The maximum absolute atomic E-state index is 12.9. The molecule has 1 aromatic heterocycles. The van der Waals surface area contributed by atoms with Gasteiger partial charge >= 0.3 is 0 Å². The van der Waals surface area contributed by atoms with Gasteiger partial charge in [-0.2, -0.15) is 0 Å². The molecule has 0 unspecified atom stereocenters. The van der Waals surface area contributed by atoms with Gasteiger partial charge < -0.3 is 20.5 Å². The van der Waals surface area contributed by atoms with E-state index in [1.165, 1.54) is 24.3 Å². The van der Waals surface area contributed by atoms with E-state index in [-0.39, 0.29) is 18.3 Å². The van der Waals surface area contributed by atoms with Crippen molar-refractivity contribution < 1.29 is 13.7 Å². The van der Waals surface area contributed by atoms with Crippen LogP contribution in [0.5, 0.6) is 0 Å². The summed E-state index contributed by atoms with van der Waals surface area (Å²) >= 11 is 0. The molecule has 0 aliphatic carbocycles. The fourth-order valence-electron chi connectivity index (χ4n) is 2.52. The molecular formula is C19H26FN5O2. The molecule has 3 N–H and O–H groups in total. The minimum atomic E-state index is -0.348. The third-order valence-electron chi connectivity index (χ3n) is 3.89. The second kappa shape index (κ2) is 10.3. The molecule has 0 saturated carbocycles. The summed E-state index contributed by atoms with van der Waals surface area (Å²) < 4.78 is 18.3. The summed E-state index contributed by atoms with van der Waals surface area (Å²) in [6, 6.07) is 5.61. The lowest BCUT2D eigenvalue weighted by Gasteiger charge is -2.11. The number of anilines is 1. The average molecular weight is 375 g/mol. The molecule has 0 spiro atoms. The second-order valence-electron chi connectivity index (χ2n) is 5.84. The SMILES string of the molecule is CCNC(=NCc1c(CC)noc1CC)NCC(=O)Nc1ccc(F)cc1. The van der Waals surface area contributed by atoms with Gasteiger partial charge in [-0.3, -0.25) is 4.79 Å². The number of rotatable bonds is 8. The van der Waals surface area contributed by atoms with Gasteiger partial charge in [0.15, 0.2) is 5.96 Å². The van der Waals surface area contributed by atoms with Gasteiger partial charge in [0.05, 0.1) is 18.8 Å². The average Bonchev–Trinajstić information content (AvgIpc) is 3.07. The normalized spacial score (nSPS) is 11.3. The molecule has 1 amide bonds. The van der Waals surface area contributed by atoms with Crippen LogP contribution in [-0.2, 0) is 24.2 Å². The Morgan fingerprint density at radius 1 is 1.15 bits per heavy atom. The van der Waals surface area contributed by atoms with Crippen molar-refractivity contribution in [3.63, 3.8) is 0 Å². The van der Waals surface area contributed by atoms with Crippen LogP contribution in [0.4, 0.5) is 10.1 Å². The van der Waals surface area contributed by atoms with Crippen molar-refractivity contribution >= 4 is 17.6 Å². The van der Waals surface area contributed by atoms with Crippen LogP contribution in [-0.4, -0.2) is 30.1 Å². The third kappa shape index (κ3) is 6.09. The van der Waals surface area contributed by atoms with Gasteiger partial charge in [0, 0.05) is 24.2 Å². The minimum absolute atomic E-state index is 0.0358. The van der Waals surface area contributed by atoms with Crippen LogP contribution in [0.2, 0.25) is 0 Å². The molecule has 2 aromatic rings. The molecule has 1 heterocycles. The Morgan fingerprint density at radius 2 is 1.89 bits per heavy atom. The summed E-state index contributed by atoms with van der Waals surface area (Å²) in [5.74, 6) is 0.762. The molecule has 0 bridgehead atoms. The fraction of sp³-hybridized carbons (Fsp3) is 0.421. The topological polar surface area (TPSA) is 91.6 Å². The molecule has 0 radical (unpaired) electrons. The Labute approximate surface area is 158 Å². The van der Waals surface area contributed by atoms with E-state index in [2.05, 4.69) is 26.1 Å². The fourth-order valence-corrected chi connectivity index (χ4v) is 2.52. The number of carbonyl (C=O) groups is 1. The standard InChI is InChI=1S/C19H26FN5O2/c1-4-16-15(17(5-2)27-25-16)11-22-19(21-6-3)23-12-18(26)24-14-9-7-13(20)8-10-14/h7-10H,4-6,11-12H2,1-3H3,(H,24,26)(H2,21,22,23). The van der Waals surface area contributed by atoms with Gasteiger partial charge in [0.25, 0.3) is 0 Å². The number of benzene rings is 1. The van der Waals surface area contributed by atoms with Gasteiger partial charge in [0.2, 0.25) is 5.91 Å². The summed E-state index contributed by atoms with van der Waals surface area (Å²) in [6.45, 7) is 7.10. The number of halogens is 1. The smallest absolute Gasteiger partial charge is 0.243 e. The molecule has 2 rings (SSSR count). The second-order valence-corrected chi connectivity index (χ2v) is 5.84.